The Morgan fingerprint density at radius 2 is 0.625 bits per heavy atom. The molecule has 0 saturated heterocycles. The summed E-state index contributed by atoms with van der Waals surface area (Å²) in [6.07, 6.45) is 6.18. The van der Waals surface area contributed by atoms with E-state index >= 15 is 0 Å². The highest BCUT2D eigenvalue weighted by Crippen LogP contribution is 2.76. The van der Waals surface area contributed by atoms with Crippen LogP contribution in [0.5, 0.6) is 0 Å². The fourth-order valence-corrected chi connectivity index (χ4v) is 15.1. The third-order valence-electron chi connectivity index (χ3n) is 17.5. The van der Waals surface area contributed by atoms with Crippen molar-refractivity contribution in [3.63, 3.8) is 0 Å². The summed E-state index contributed by atoms with van der Waals surface area (Å²) in [5.41, 5.74) is 19.2. The van der Waals surface area contributed by atoms with Crippen LogP contribution in [-0.4, -0.2) is 13.7 Å². The Kier molecular flexibility index (Phi) is 7.17. The molecule has 3 nitrogen and oxygen atoms in total. The molecule has 3 heteroatoms. The molecule has 0 radical (unpaired) electrons. The second kappa shape index (κ2) is 13.4. The standard InChI is InChI=1S/C69H43N3/c1-3-4-29-56-41(2)42-18-5-10-30-57(42)70(56)62-38-35-53-65-47(62)23-15-26-50(65)68-51-27-16-24-48-63(71-58-31-11-6-19-43(58)44-20-7-12-32-59(44)71)39-36-54(66(48)51)69(53,68)55-37-40-64(49-25-17-28-52(68)67(49)55)72-60-33-13-8-21-45(60)46-22-9-14-34-61(46)72/h3-40H,1H2,2H3/b29-4-. The highest BCUT2D eigenvalue weighted by molar-refractivity contribution is 6.19. The third kappa shape index (κ3) is 4.19. The maximum Gasteiger partial charge on any atom is 0.0648 e. The zero-order chi connectivity index (χ0) is 47.2. The minimum Gasteiger partial charge on any atom is -0.309 e. The van der Waals surface area contributed by atoms with Crippen molar-refractivity contribution in [2.75, 3.05) is 0 Å². The summed E-state index contributed by atoms with van der Waals surface area (Å²) in [5, 5.41) is 14.2. The van der Waals surface area contributed by atoms with E-state index in [4.69, 9.17) is 0 Å². The molecule has 17 rings (SSSR count). The number of fused-ring (bicyclic) bond motifs is 7. The molecule has 0 saturated carbocycles. The molecular weight excluding hydrogens is 871 g/mol. The van der Waals surface area contributed by atoms with Gasteiger partial charge in [0.2, 0.25) is 0 Å². The van der Waals surface area contributed by atoms with Crippen LogP contribution < -0.4 is 0 Å². The van der Waals surface area contributed by atoms with Gasteiger partial charge >= 0.3 is 0 Å². The number of aryl methyl sites for hydroxylation is 1. The Bertz CT molecular complexity index is 4500. The maximum atomic E-state index is 4.07. The lowest BCUT2D eigenvalue weighted by Gasteiger charge is -2.40. The van der Waals surface area contributed by atoms with Gasteiger partial charge < -0.3 is 13.7 Å². The quantitative estimate of drug-likeness (QED) is 0.153. The predicted octanol–water partition coefficient (Wildman–Crippen LogP) is 17.1. The zero-order valence-electron chi connectivity index (χ0n) is 39.5. The van der Waals surface area contributed by atoms with Crippen molar-refractivity contribution in [1.82, 2.24) is 13.7 Å². The molecule has 0 aliphatic heterocycles. The largest absolute Gasteiger partial charge is 0.309 e. The summed E-state index contributed by atoms with van der Waals surface area (Å²) in [5.74, 6) is 0. The normalized spacial score (nSPS) is 17.3. The van der Waals surface area contributed by atoms with Crippen LogP contribution in [0.1, 0.15) is 44.6 Å². The Morgan fingerprint density at radius 1 is 0.319 bits per heavy atom. The molecule has 3 aliphatic carbocycles. The fourth-order valence-electron chi connectivity index (χ4n) is 15.1. The second-order valence-corrected chi connectivity index (χ2v) is 20.3. The molecular formula is C69H43N3. The lowest BCUT2D eigenvalue weighted by molar-refractivity contribution is 0.492. The van der Waals surface area contributed by atoms with Gasteiger partial charge in [0.15, 0.2) is 0 Å². The van der Waals surface area contributed by atoms with Crippen LogP contribution in [0.15, 0.2) is 231 Å². The van der Waals surface area contributed by atoms with Gasteiger partial charge in [0.1, 0.15) is 0 Å². The van der Waals surface area contributed by atoms with Crippen LogP contribution >= 0.6 is 0 Å². The fraction of sp³-hybridized carbons (Fsp3) is 0.0435. The van der Waals surface area contributed by atoms with Gasteiger partial charge in [0.05, 0.1) is 55.5 Å². The Labute approximate surface area is 415 Å². The number of allylic oxidation sites excluding steroid dienone is 2. The van der Waals surface area contributed by atoms with Crippen molar-refractivity contribution in [1.29, 1.82) is 0 Å². The molecule has 3 aliphatic rings. The number of para-hydroxylation sites is 5. The second-order valence-electron chi connectivity index (χ2n) is 20.3. The minimum atomic E-state index is -0.573. The van der Waals surface area contributed by atoms with Gasteiger partial charge in [0.25, 0.3) is 0 Å². The molecule has 72 heavy (non-hydrogen) atoms. The topological polar surface area (TPSA) is 14.8 Å². The van der Waals surface area contributed by atoms with Crippen LogP contribution in [0.2, 0.25) is 0 Å². The van der Waals surface area contributed by atoms with E-state index in [-0.39, 0.29) is 0 Å². The molecule has 3 aromatic heterocycles. The number of aromatic nitrogens is 3. The highest BCUT2D eigenvalue weighted by Gasteiger charge is 2.70. The van der Waals surface area contributed by atoms with Crippen LogP contribution in [0.4, 0.5) is 0 Å². The van der Waals surface area contributed by atoms with Crippen LogP contribution in [-0.2, 0) is 10.8 Å². The minimum absolute atomic E-state index is 0.573. The average molecular weight is 914 g/mol. The molecule has 0 atom stereocenters. The molecule has 0 amide bonds. The first-order chi connectivity index (χ1) is 35.7. The highest BCUT2D eigenvalue weighted by atomic mass is 15.0. The molecule has 0 unspecified atom stereocenters. The van der Waals surface area contributed by atoms with Gasteiger partial charge in [0, 0.05) is 48.8 Å². The third-order valence-corrected chi connectivity index (χ3v) is 17.5. The number of hydrogen-bond donors (Lipinski definition) is 0. The molecule has 11 aromatic carbocycles. The lowest BCUT2D eigenvalue weighted by Crippen LogP contribution is -2.42. The van der Waals surface area contributed by atoms with Crippen molar-refractivity contribution < 1.29 is 0 Å². The smallest absolute Gasteiger partial charge is 0.0648 e. The van der Waals surface area contributed by atoms with E-state index in [0.29, 0.717) is 0 Å². The number of benzene rings is 11. The summed E-state index contributed by atoms with van der Waals surface area (Å²) in [4.78, 5) is 0. The molecule has 14 aromatic rings. The number of hydrogen-bond acceptors (Lipinski definition) is 0. The first-order valence-corrected chi connectivity index (χ1v) is 25.2. The van der Waals surface area contributed by atoms with E-state index in [1.807, 2.05) is 6.08 Å². The Balaban J connectivity index is 1.03. The zero-order valence-corrected chi connectivity index (χ0v) is 39.5. The van der Waals surface area contributed by atoms with Crippen molar-refractivity contribution in [3.05, 3.63) is 276 Å². The van der Waals surface area contributed by atoms with Gasteiger partial charge in [-0.1, -0.05) is 183 Å². The summed E-state index contributed by atoms with van der Waals surface area (Å²) in [7, 11) is 0. The molecule has 334 valence electrons. The van der Waals surface area contributed by atoms with Crippen LogP contribution in [0, 0.1) is 6.92 Å². The van der Waals surface area contributed by atoms with Crippen molar-refractivity contribution in [3.8, 4) is 17.1 Å². The van der Waals surface area contributed by atoms with Crippen molar-refractivity contribution >= 4 is 92.9 Å². The predicted molar refractivity (Wildman–Crippen MR) is 301 cm³/mol. The van der Waals surface area contributed by atoms with Crippen LogP contribution in [0.3, 0.4) is 0 Å². The van der Waals surface area contributed by atoms with E-state index in [2.05, 4.69) is 252 Å². The maximum absolute atomic E-state index is 4.07. The lowest BCUT2D eigenvalue weighted by atomic mass is 9.59. The van der Waals surface area contributed by atoms with Gasteiger partial charge in [-0.25, -0.2) is 0 Å². The summed E-state index contributed by atoms with van der Waals surface area (Å²) in [6.45, 7) is 6.32. The van der Waals surface area contributed by atoms with E-state index in [1.165, 1.54) is 149 Å². The van der Waals surface area contributed by atoms with Crippen molar-refractivity contribution in [2.45, 2.75) is 17.8 Å². The van der Waals surface area contributed by atoms with Crippen LogP contribution in [0.25, 0.3) is 110 Å². The Morgan fingerprint density at radius 3 is 1.00 bits per heavy atom. The van der Waals surface area contributed by atoms with E-state index < -0.39 is 10.8 Å². The average Bonchev–Trinajstić information content (AvgIpc) is 4.23. The Hall–Kier alpha value is -9.18. The first kappa shape index (κ1) is 38.6. The first-order valence-electron chi connectivity index (χ1n) is 25.2. The van der Waals surface area contributed by atoms with E-state index in [9.17, 15) is 0 Å². The SMILES string of the molecule is C=C/C=C\c1c(C)c2ccccc2n1-c1ccc2c3c(cccc13)C13c4cccc5c(-n6c7ccccc7c7ccccc76)ccc(c45)C21c1ccc(-n2c4ccccc4c4ccccc42)c2cccc3c12. The summed E-state index contributed by atoms with van der Waals surface area (Å²) in [6, 6.07) is 81.0. The van der Waals surface area contributed by atoms with Crippen molar-refractivity contribution in [2.24, 2.45) is 0 Å². The molecule has 0 fully saturated rings. The van der Waals surface area contributed by atoms with Gasteiger partial charge in [-0.3, -0.25) is 0 Å². The molecule has 0 bridgehead atoms. The molecule has 0 spiro atoms. The summed E-state index contributed by atoms with van der Waals surface area (Å²) >= 11 is 0. The molecule has 0 N–H and O–H groups in total. The van der Waals surface area contributed by atoms with Gasteiger partial charge in [-0.15, -0.1) is 0 Å². The van der Waals surface area contributed by atoms with Gasteiger partial charge in [-0.05, 0) is 117 Å². The van der Waals surface area contributed by atoms with Gasteiger partial charge in [-0.2, -0.15) is 0 Å². The number of nitrogens with zero attached hydrogens (tertiary/aromatic N) is 3. The number of rotatable bonds is 5. The van der Waals surface area contributed by atoms with E-state index in [1.54, 1.807) is 0 Å². The monoisotopic (exact) mass is 913 g/mol. The van der Waals surface area contributed by atoms with E-state index in [0.717, 1.165) is 0 Å². The summed E-state index contributed by atoms with van der Waals surface area (Å²) < 4.78 is 7.52. The molecule has 3 heterocycles.